The molecule has 13 nitrogen and oxygen atoms in total. The molecule has 0 spiro atoms. The lowest BCUT2D eigenvalue weighted by atomic mass is 9.95. The molecule has 0 radical (unpaired) electrons. The second kappa shape index (κ2) is 17.3. The smallest absolute Gasteiger partial charge is 0.296 e. The van der Waals surface area contributed by atoms with Gasteiger partial charge in [0.2, 0.25) is 0 Å². The fourth-order valence-electron chi connectivity index (χ4n) is 5.00. The largest absolute Gasteiger partial charge is 0.322 e. The number of carbonyl (C=O) groups excluding carboxylic acids is 3. The molecule has 0 saturated carbocycles. The number of Topliss-reactive ketones (excluding diaryl/α,β-unsaturated/α-hetero) is 3. The molecule has 54 heavy (non-hydrogen) atoms. The van der Waals surface area contributed by atoms with Crippen LogP contribution in [0.1, 0.15) is 22.3 Å². The summed E-state index contributed by atoms with van der Waals surface area (Å²) in [5.41, 5.74) is 1.93. The monoisotopic (exact) mass is 856 g/mol. The van der Waals surface area contributed by atoms with E-state index in [2.05, 4.69) is 0 Å². The number of carbonyl (C=O) groups is 3. The highest BCUT2D eigenvalue weighted by atomic mass is 35.5. The first-order valence-electron chi connectivity index (χ1n) is 15.8. The fraction of sp³-hybridized carbons (Fsp3) is 0.229. The molecule has 19 heteroatoms. The van der Waals surface area contributed by atoms with Crippen molar-refractivity contribution in [2.75, 3.05) is 0 Å². The third-order valence-corrected chi connectivity index (χ3v) is 18.1. The molecule has 4 rings (SSSR count). The number of ketones is 3. The number of benzene rings is 4. The van der Waals surface area contributed by atoms with Gasteiger partial charge in [0.25, 0.3) is 17.7 Å². The molecule has 2 unspecified atom stereocenters. The van der Waals surface area contributed by atoms with Crippen LogP contribution >= 0.6 is 23.2 Å². The number of aryl methyl sites for hydroxylation is 2. The molecular formula is C35H34Cl2N2O11S4. The summed E-state index contributed by atoms with van der Waals surface area (Å²) in [6, 6.07) is 21.1. The van der Waals surface area contributed by atoms with Crippen molar-refractivity contribution in [3.8, 4) is 0 Å². The van der Waals surface area contributed by atoms with Gasteiger partial charge in [-0.05, 0) is 62.1 Å². The summed E-state index contributed by atoms with van der Waals surface area (Å²) in [4.78, 5) is 39.9. The number of halogens is 2. The maximum Gasteiger partial charge on any atom is 0.322 e. The second-order valence-corrected chi connectivity index (χ2v) is 23.3. The second-order valence-electron chi connectivity index (χ2n) is 12.1. The quantitative estimate of drug-likeness (QED) is 0.0842. The van der Waals surface area contributed by atoms with Crippen LogP contribution in [0.3, 0.4) is 0 Å². The van der Waals surface area contributed by atoms with E-state index >= 15 is 0 Å². The van der Waals surface area contributed by atoms with Crippen molar-refractivity contribution < 1.29 is 48.1 Å². The maximum absolute atomic E-state index is 13.8. The predicted octanol–water partition coefficient (Wildman–Crippen LogP) is 3.36. The topological polar surface area (TPSA) is 212 Å². The van der Waals surface area contributed by atoms with Crippen LogP contribution in [0, 0.1) is 13.8 Å². The van der Waals surface area contributed by atoms with Gasteiger partial charge in [0, 0.05) is 0 Å². The average Bonchev–Trinajstić information content (AvgIpc) is 3.13. The molecule has 4 atom stereocenters. The van der Waals surface area contributed by atoms with Gasteiger partial charge in [0.1, 0.15) is 0 Å². The SMILES string of the molecule is Cc1ccc(S(=O)(=O)S(=O)(=O)N[C@@H](Cc2ccccc2)C(=O)C(Cl)C(=O)C(Cl)C(=O)[C@H](Cc2ccccc2)NS(=O)(=O)S(=O)(=O)c2ccc(C)cc2)cc1. The molecule has 288 valence electrons. The van der Waals surface area contributed by atoms with Gasteiger partial charge in [-0.3, -0.25) is 14.4 Å². The average molecular weight is 858 g/mol. The minimum absolute atomic E-state index is 0.327. The molecular weight excluding hydrogens is 824 g/mol. The van der Waals surface area contributed by atoms with E-state index in [9.17, 15) is 48.1 Å². The van der Waals surface area contributed by atoms with Crippen LogP contribution in [0.25, 0.3) is 0 Å². The Morgan fingerprint density at radius 2 is 0.778 bits per heavy atom. The Morgan fingerprint density at radius 3 is 1.07 bits per heavy atom. The summed E-state index contributed by atoms with van der Waals surface area (Å²) in [5, 5.41) is -4.75. The van der Waals surface area contributed by atoms with Gasteiger partial charge in [-0.2, -0.15) is 26.3 Å². The molecule has 0 bridgehead atoms. The van der Waals surface area contributed by atoms with E-state index in [-0.39, 0.29) is 0 Å². The minimum atomic E-state index is -5.40. The summed E-state index contributed by atoms with van der Waals surface area (Å²) in [5.74, 6) is -4.27. The molecule has 0 fully saturated rings. The van der Waals surface area contributed by atoms with Crippen molar-refractivity contribution >= 4 is 76.4 Å². The zero-order chi connectivity index (χ0) is 40.1. The Morgan fingerprint density at radius 1 is 0.481 bits per heavy atom. The van der Waals surface area contributed by atoms with Crippen LogP contribution in [-0.4, -0.2) is 73.9 Å². The predicted molar refractivity (Wildman–Crippen MR) is 203 cm³/mol. The molecule has 0 aliphatic rings. The van der Waals surface area contributed by atoms with Crippen molar-refractivity contribution in [2.45, 2.75) is 59.3 Å². The molecule has 0 amide bonds. The van der Waals surface area contributed by atoms with Gasteiger partial charge in [-0.15, -0.1) is 23.2 Å². The summed E-state index contributed by atoms with van der Waals surface area (Å²) in [6.07, 6.45) is -0.986. The van der Waals surface area contributed by atoms with E-state index in [1.165, 1.54) is 48.5 Å². The van der Waals surface area contributed by atoms with Crippen LogP contribution in [0.15, 0.2) is 119 Å². The summed E-state index contributed by atoms with van der Waals surface area (Å²) in [7, 11) is -21.1. The number of hydrogen-bond acceptors (Lipinski definition) is 11. The van der Waals surface area contributed by atoms with Crippen LogP contribution < -0.4 is 9.44 Å². The van der Waals surface area contributed by atoms with Crippen molar-refractivity contribution in [2.24, 2.45) is 0 Å². The molecule has 4 aromatic rings. The van der Waals surface area contributed by atoms with E-state index in [1.807, 2.05) is 9.44 Å². The van der Waals surface area contributed by atoms with E-state index in [1.54, 1.807) is 50.2 Å². The molecule has 0 heterocycles. The highest BCUT2D eigenvalue weighted by Gasteiger charge is 2.44. The normalized spacial score (nSPS) is 14.7. The van der Waals surface area contributed by atoms with E-state index in [0.29, 0.717) is 22.3 Å². The molecule has 0 aliphatic heterocycles. The Labute approximate surface area is 322 Å². The number of nitrogens with one attached hydrogen (secondary N) is 2. The standard InChI is InChI=1S/C35H34Cl2N2O11S4/c1-23-13-17-27(18-14-23)51(43,44)53(47,48)38-29(21-25-9-5-3-6-10-25)33(40)31(36)35(42)32(37)34(41)30(22-26-11-7-4-8-12-26)39-54(49,50)52(45,46)28-19-15-24(2)16-20-28/h3-20,29-32,38-39H,21-22H2,1-2H3/t29-,30-,31?,32?/m0/s1. The van der Waals surface area contributed by atoms with Gasteiger partial charge in [-0.1, -0.05) is 96.1 Å². The lowest BCUT2D eigenvalue weighted by Crippen LogP contribution is -2.53. The van der Waals surface area contributed by atoms with E-state index < -0.39 is 98.7 Å². The number of rotatable bonds is 18. The lowest BCUT2D eigenvalue weighted by molar-refractivity contribution is -0.130. The van der Waals surface area contributed by atoms with Crippen molar-refractivity contribution in [3.05, 3.63) is 131 Å². The van der Waals surface area contributed by atoms with Crippen molar-refractivity contribution in [1.29, 1.82) is 0 Å². The van der Waals surface area contributed by atoms with Gasteiger partial charge >= 0.3 is 18.1 Å². The molecule has 4 aromatic carbocycles. The highest BCUT2D eigenvalue weighted by molar-refractivity contribution is 8.66. The number of alkyl halides is 2. The first-order valence-corrected chi connectivity index (χ1v) is 23.7. The van der Waals surface area contributed by atoms with Crippen molar-refractivity contribution in [3.63, 3.8) is 0 Å². The Bertz CT molecular complexity index is 2280. The zero-order valence-electron chi connectivity index (χ0n) is 28.5. The minimum Gasteiger partial charge on any atom is -0.296 e. The van der Waals surface area contributed by atoms with Gasteiger partial charge in [0.15, 0.2) is 28.1 Å². The number of hydrogen-bond donors (Lipinski definition) is 2. The zero-order valence-corrected chi connectivity index (χ0v) is 33.3. The third kappa shape index (κ3) is 9.89. The third-order valence-electron chi connectivity index (χ3n) is 8.02. The first-order chi connectivity index (χ1) is 25.2. The van der Waals surface area contributed by atoms with Gasteiger partial charge in [-0.25, -0.2) is 16.8 Å². The fourth-order valence-corrected chi connectivity index (χ4v) is 12.1. The van der Waals surface area contributed by atoms with Crippen LogP contribution in [-0.2, 0) is 63.1 Å². The van der Waals surface area contributed by atoms with Crippen molar-refractivity contribution in [1.82, 2.24) is 9.44 Å². The molecule has 0 saturated heterocycles. The molecule has 0 aliphatic carbocycles. The summed E-state index contributed by atoms with van der Waals surface area (Å²) >= 11 is 12.5. The van der Waals surface area contributed by atoms with Gasteiger partial charge in [0.05, 0.1) is 21.9 Å². The van der Waals surface area contributed by atoms with Crippen LogP contribution in [0.2, 0.25) is 0 Å². The summed E-state index contributed by atoms with van der Waals surface area (Å²) < 4.78 is 110. The maximum atomic E-state index is 13.8. The van der Waals surface area contributed by atoms with E-state index in [4.69, 9.17) is 23.2 Å². The Balaban J connectivity index is 1.65. The molecule has 2 N–H and O–H groups in total. The van der Waals surface area contributed by atoms with Crippen LogP contribution in [0.5, 0.6) is 0 Å². The highest BCUT2D eigenvalue weighted by Crippen LogP contribution is 2.23. The molecule has 0 aromatic heterocycles. The Kier molecular flexibility index (Phi) is 13.8. The lowest BCUT2D eigenvalue weighted by Gasteiger charge is -2.23. The van der Waals surface area contributed by atoms with Gasteiger partial charge < -0.3 is 0 Å². The first kappa shape index (κ1) is 42.9. The van der Waals surface area contributed by atoms with E-state index in [0.717, 1.165) is 24.3 Å². The van der Waals surface area contributed by atoms with Crippen LogP contribution in [0.4, 0.5) is 0 Å². The Hall–Kier alpha value is -3.81. The summed E-state index contributed by atoms with van der Waals surface area (Å²) in [6.45, 7) is 3.30.